The van der Waals surface area contributed by atoms with E-state index in [2.05, 4.69) is 0 Å². The molecule has 0 aliphatic heterocycles. The Bertz CT molecular complexity index is 606. The Kier molecular flexibility index (Phi) is 3.56. The highest BCUT2D eigenvalue weighted by molar-refractivity contribution is 6.09. The molecule has 2 nitrogen and oxygen atoms in total. The number of benzene rings is 2. The second kappa shape index (κ2) is 5.13. The topological polar surface area (TPSA) is 34.1 Å². The lowest BCUT2D eigenvalue weighted by Crippen LogP contribution is -2.03. The molecule has 0 aliphatic carbocycles. The van der Waals surface area contributed by atoms with Gasteiger partial charge in [0.1, 0.15) is 5.78 Å². The summed E-state index contributed by atoms with van der Waals surface area (Å²) in [6.07, 6.45) is 0.615. The minimum absolute atomic E-state index is 0.0464. The maximum atomic E-state index is 12.2. The minimum atomic E-state index is 0.0464. The number of aryl methyl sites for hydroxylation is 1. The van der Waals surface area contributed by atoms with Gasteiger partial charge < -0.3 is 4.79 Å². The van der Waals surface area contributed by atoms with Crippen LogP contribution in [0.2, 0.25) is 0 Å². The van der Waals surface area contributed by atoms with Crippen LogP contribution in [0.5, 0.6) is 0 Å². The van der Waals surface area contributed by atoms with Gasteiger partial charge in [0.2, 0.25) is 0 Å². The smallest absolute Gasteiger partial charge is 0.163 e. The average Bonchev–Trinajstić information content (AvgIpc) is 2.35. The van der Waals surface area contributed by atoms with E-state index in [-0.39, 0.29) is 11.6 Å². The fourth-order valence-corrected chi connectivity index (χ4v) is 2.19. The molecule has 92 valence electrons. The van der Waals surface area contributed by atoms with E-state index < -0.39 is 0 Å². The van der Waals surface area contributed by atoms with Crippen LogP contribution in [-0.4, -0.2) is 11.6 Å². The van der Waals surface area contributed by atoms with Gasteiger partial charge in [-0.2, -0.15) is 0 Å². The predicted octanol–water partition coefficient (Wildman–Crippen LogP) is 3.70. The summed E-state index contributed by atoms with van der Waals surface area (Å²) in [6, 6.07) is 11.7. The highest BCUT2D eigenvalue weighted by atomic mass is 16.1. The quantitative estimate of drug-likeness (QED) is 0.763. The number of hydrogen-bond acceptors (Lipinski definition) is 2. The Balaban J connectivity index is 2.44. The average molecular weight is 240 g/mol. The molecule has 0 unspecified atom stereocenters. The molecular weight excluding hydrogens is 224 g/mol. The number of Topliss-reactive ketones (excluding diaryl/α,β-unsaturated/α-hetero) is 2. The first kappa shape index (κ1) is 12.5. The van der Waals surface area contributed by atoms with Gasteiger partial charge >= 0.3 is 0 Å². The maximum absolute atomic E-state index is 12.2. The second-order valence-corrected chi connectivity index (χ2v) is 4.60. The molecule has 0 aromatic heterocycles. The van der Waals surface area contributed by atoms with Crippen LogP contribution in [-0.2, 0) is 4.79 Å². The Labute approximate surface area is 107 Å². The van der Waals surface area contributed by atoms with Crippen molar-refractivity contribution >= 4 is 22.3 Å². The largest absolute Gasteiger partial charge is 0.300 e. The van der Waals surface area contributed by atoms with E-state index in [1.165, 1.54) is 6.92 Å². The zero-order valence-corrected chi connectivity index (χ0v) is 10.7. The van der Waals surface area contributed by atoms with Gasteiger partial charge in [0.05, 0.1) is 0 Å². The van der Waals surface area contributed by atoms with Crippen molar-refractivity contribution in [3.63, 3.8) is 0 Å². The van der Waals surface area contributed by atoms with Crippen LogP contribution in [0.4, 0.5) is 0 Å². The number of hydrogen-bond donors (Lipinski definition) is 0. The van der Waals surface area contributed by atoms with E-state index in [0.29, 0.717) is 12.8 Å². The van der Waals surface area contributed by atoms with E-state index in [9.17, 15) is 9.59 Å². The second-order valence-electron chi connectivity index (χ2n) is 4.60. The molecule has 0 fully saturated rings. The summed E-state index contributed by atoms with van der Waals surface area (Å²) < 4.78 is 0. The molecule has 2 rings (SSSR count). The van der Waals surface area contributed by atoms with Gasteiger partial charge in [-0.05, 0) is 30.2 Å². The zero-order valence-electron chi connectivity index (χ0n) is 10.7. The number of ketones is 2. The van der Waals surface area contributed by atoms with Crippen molar-refractivity contribution in [1.82, 2.24) is 0 Å². The highest BCUT2D eigenvalue weighted by Gasteiger charge is 2.11. The molecule has 2 aromatic rings. The van der Waals surface area contributed by atoms with Gasteiger partial charge in [0.25, 0.3) is 0 Å². The van der Waals surface area contributed by atoms with Gasteiger partial charge in [-0.25, -0.2) is 0 Å². The molecule has 0 amide bonds. The summed E-state index contributed by atoms with van der Waals surface area (Å²) in [4.78, 5) is 23.1. The van der Waals surface area contributed by atoms with E-state index in [1.54, 1.807) is 0 Å². The van der Waals surface area contributed by atoms with Gasteiger partial charge in [-0.3, -0.25) is 4.79 Å². The molecule has 0 radical (unpaired) electrons. The van der Waals surface area contributed by atoms with Crippen LogP contribution < -0.4 is 0 Å². The SMILES string of the molecule is CC(=O)CCC(=O)c1cccc2cccc(C)c12. The van der Waals surface area contributed by atoms with Crippen LogP contribution in [0.3, 0.4) is 0 Å². The van der Waals surface area contributed by atoms with E-state index in [1.807, 2.05) is 43.3 Å². The van der Waals surface area contributed by atoms with Gasteiger partial charge in [-0.1, -0.05) is 36.4 Å². The van der Waals surface area contributed by atoms with Gasteiger partial charge in [-0.15, -0.1) is 0 Å². The molecule has 0 atom stereocenters. The number of carbonyl (C=O) groups is 2. The van der Waals surface area contributed by atoms with Crippen molar-refractivity contribution in [3.8, 4) is 0 Å². The molecule has 0 aliphatic rings. The Morgan fingerprint density at radius 3 is 2.33 bits per heavy atom. The molecule has 0 bridgehead atoms. The maximum Gasteiger partial charge on any atom is 0.163 e. The fraction of sp³-hybridized carbons (Fsp3) is 0.250. The normalized spacial score (nSPS) is 10.6. The predicted molar refractivity (Wildman–Crippen MR) is 72.9 cm³/mol. The fourth-order valence-electron chi connectivity index (χ4n) is 2.19. The van der Waals surface area contributed by atoms with Crippen molar-refractivity contribution in [2.45, 2.75) is 26.7 Å². The minimum Gasteiger partial charge on any atom is -0.300 e. The lowest BCUT2D eigenvalue weighted by atomic mass is 9.95. The Morgan fingerprint density at radius 2 is 1.67 bits per heavy atom. The molecule has 0 N–H and O–H groups in total. The van der Waals surface area contributed by atoms with Crippen LogP contribution in [0, 0.1) is 6.92 Å². The molecule has 0 spiro atoms. The molecule has 2 aromatic carbocycles. The van der Waals surface area contributed by atoms with E-state index in [4.69, 9.17) is 0 Å². The summed E-state index contributed by atoms with van der Waals surface area (Å²) in [5.41, 5.74) is 1.83. The summed E-state index contributed by atoms with van der Waals surface area (Å²) in [5.74, 6) is 0.102. The molecule has 0 heterocycles. The number of rotatable bonds is 4. The molecule has 0 saturated heterocycles. The third-order valence-electron chi connectivity index (χ3n) is 3.12. The van der Waals surface area contributed by atoms with Crippen LogP contribution in [0.25, 0.3) is 10.8 Å². The van der Waals surface area contributed by atoms with Crippen molar-refractivity contribution in [1.29, 1.82) is 0 Å². The first-order chi connectivity index (χ1) is 8.59. The first-order valence-electron chi connectivity index (χ1n) is 6.10. The van der Waals surface area contributed by atoms with Crippen LogP contribution >= 0.6 is 0 Å². The standard InChI is InChI=1S/C16H16O2/c1-11-5-3-6-13-7-4-8-14(16(11)13)15(18)10-9-12(2)17/h3-8H,9-10H2,1-2H3. The zero-order chi connectivity index (χ0) is 13.1. The van der Waals surface area contributed by atoms with E-state index >= 15 is 0 Å². The van der Waals surface area contributed by atoms with Gasteiger partial charge in [0.15, 0.2) is 5.78 Å². The third-order valence-corrected chi connectivity index (χ3v) is 3.12. The molecule has 0 saturated carbocycles. The number of carbonyl (C=O) groups excluding carboxylic acids is 2. The lowest BCUT2D eigenvalue weighted by molar-refractivity contribution is -0.116. The third kappa shape index (κ3) is 2.48. The summed E-state index contributed by atoms with van der Waals surface area (Å²) in [6.45, 7) is 3.52. The summed E-state index contributed by atoms with van der Waals surface area (Å²) in [5, 5.41) is 2.08. The lowest BCUT2D eigenvalue weighted by Gasteiger charge is -2.08. The molecule has 18 heavy (non-hydrogen) atoms. The summed E-state index contributed by atoms with van der Waals surface area (Å²) >= 11 is 0. The summed E-state index contributed by atoms with van der Waals surface area (Å²) in [7, 11) is 0. The van der Waals surface area contributed by atoms with Crippen molar-refractivity contribution < 1.29 is 9.59 Å². The van der Waals surface area contributed by atoms with E-state index in [0.717, 1.165) is 21.9 Å². The van der Waals surface area contributed by atoms with Crippen LogP contribution in [0.15, 0.2) is 36.4 Å². The van der Waals surface area contributed by atoms with Crippen molar-refractivity contribution in [2.75, 3.05) is 0 Å². The molecule has 2 heteroatoms. The monoisotopic (exact) mass is 240 g/mol. The van der Waals surface area contributed by atoms with Crippen molar-refractivity contribution in [2.24, 2.45) is 0 Å². The Morgan fingerprint density at radius 1 is 1.00 bits per heavy atom. The van der Waals surface area contributed by atoms with Gasteiger partial charge in [0, 0.05) is 18.4 Å². The van der Waals surface area contributed by atoms with Crippen LogP contribution in [0.1, 0.15) is 35.7 Å². The Hall–Kier alpha value is -1.96. The molecular formula is C16H16O2. The highest BCUT2D eigenvalue weighted by Crippen LogP contribution is 2.23. The van der Waals surface area contributed by atoms with Crippen molar-refractivity contribution in [3.05, 3.63) is 47.5 Å². The first-order valence-corrected chi connectivity index (χ1v) is 6.10. The number of fused-ring (bicyclic) bond motifs is 1.